The third-order valence-electron chi connectivity index (χ3n) is 3.21. The minimum Gasteiger partial charge on any atom is -0.492 e. The van der Waals surface area contributed by atoms with Gasteiger partial charge in [-0.3, -0.25) is 4.79 Å². The third kappa shape index (κ3) is 5.08. The summed E-state index contributed by atoms with van der Waals surface area (Å²) in [5.74, 6) is 0.668. The minimum atomic E-state index is -0.149. The Morgan fingerprint density at radius 3 is 2.64 bits per heavy atom. The lowest BCUT2D eigenvalue weighted by Gasteiger charge is -2.08. The number of carbonyl (C=O) groups is 1. The van der Waals surface area contributed by atoms with Gasteiger partial charge in [-0.05, 0) is 42.3 Å². The van der Waals surface area contributed by atoms with Crippen LogP contribution in [0.25, 0.3) is 0 Å². The van der Waals surface area contributed by atoms with Crippen molar-refractivity contribution in [1.29, 1.82) is 0 Å². The van der Waals surface area contributed by atoms with Gasteiger partial charge in [0.2, 0.25) is 0 Å². The Morgan fingerprint density at radius 2 is 1.95 bits per heavy atom. The summed E-state index contributed by atoms with van der Waals surface area (Å²) < 4.78 is 5.61. The summed E-state index contributed by atoms with van der Waals surface area (Å²) in [6, 6.07) is 14.9. The highest BCUT2D eigenvalue weighted by molar-refractivity contribution is 6.30. The lowest BCUT2D eigenvalue weighted by Crippen LogP contribution is -2.28. The number of ether oxygens (including phenoxy) is 1. The van der Waals surface area contributed by atoms with E-state index in [4.69, 9.17) is 16.3 Å². The summed E-state index contributed by atoms with van der Waals surface area (Å²) in [6.45, 7) is 3.04. The first-order chi connectivity index (χ1) is 10.7. The largest absolute Gasteiger partial charge is 0.492 e. The standard InChI is InChI=1S/C18H20ClNO2/c1-2-4-14-7-9-17(10-8-14)22-12-11-20-18(21)15-5-3-6-16(19)13-15/h3,5-10,13H,2,4,11-12H2,1H3,(H,20,21). The summed E-state index contributed by atoms with van der Waals surface area (Å²) in [4.78, 5) is 11.9. The van der Waals surface area contributed by atoms with E-state index in [2.05, 4.69) is 24.4 Å². The molecule has 0 aliphatic rings. The van der Waals surface area contributed by atoms with Crippen LogP contribution in [0.2, 0.25) is 5.02 Å². The number of nitrogens with one attached hydrogen (secondary N) is 1. The maximum Gasteiger partial charge on any atom is 0.251 e. The Kier molecular flexibility index (Phi) is 6.28. The number of carbonyl (C=O) groups excluding carboxylic acids is 1. The summed E-state index contributed by atoms with van der Waals surface area (Å²) in [7, 11) is 0. The minimum absolute atomic E-state index is 0.149. The number of hydrogen-bond donors (Lipinski definition) is 1. The molecule has 0 atom stereocenters. The summed E-state index contributed by atoms with van der Waals surface area (Å²) >= 11 is 5.86. The molecule has 0 saturated carbocycles. The highest BCUT2D eigenvalue weighted by atomic mass is 35.5. The number of rotatable bonds is 7. The highest BCUT2D eigenvalue weighted by Gasteiger charge is 2.05. The number of halogens is 1. The summed E-state index contributed by atoms with van der Waals surface area (Å²) in [6.07, 6.45) is 2.21. The van der Waals surface area contributed by atoms with Crippen LogP contribution in [0.5, 0.6) is 5.75 Å². The molecule has 0 spiro atoms. The summed E-state index contributed by atoms with van der Waals surface area (Å²) in [5.41, 5.74) is 1.86. The number of benzene rings is 2. The van der Waals surface area contributed by atoms with E-state index in [9.17, 15) is 4.79 Å². The van der Waals surface area contributed by atoms with Gasteiger partial charge in [-0.15, -0.1) is 0 Å². The third-order valence-corrected chi connectivity index (χ3v) is 3.44. The van der Waals surface area contributed by atoms with E-state index >= 15 is 0 Å². The van der Waals surface area contributed by atoms with Crippen molar-refractivity contribution in [2.75, 3.05) is 13.2 Å². The van der Waals surface area contributed by atoms with Crippen LogP contribution in [0.4, 0.5) is 0 Å². The molecule has 0 aliphatic heterocycles. The Bertz CT molecular complexity index is 611. The second kappa shape index (κ2) is 8.44. The van der Waals surface area contributed by atoms with Gasteiger partial charge in [0, 0.05) is 10.6 Å². The van der Waals surface area contributed by atoms with Crippen molar-refractivity contribution in [2.24, 2.45) is 0 Å². The molecular weight excluding hydrogens is 298 g/mol. The second-order valence-corrected chi connectivity index (χ2v) is 5.45. The molecule has 22 heavy (non-hydrogen) atoms. The zero-order valence-electron chi connectivity index (χ0n) is 12.6. The van der Waals surface area contributed by atoms with E-state index in [1.165, 1.54) is 5.56 Å². The quantitative estimate of drug-likeness (QED) is 0.781. The van der Waals surface area contributed by atoms with Crippen molar-refractivity contribution < 1.29 is 9.53 Å². The van der Waals surface area contributed by atoms with E-state index in [1.54, 1.807) is 24.3 Å². The molecular formula is C18H20ClNO2. The molecule has 1 N–H and O–H groups in total. The van der Waals surface area contributed by atoms with Crippen LogP contribution >= 0.6 is 11.6 Å². The topological polar surface area (TPSA) is 38.3 Å². The molecule has 0 heterocycles. The normalized spacial score (nSPS) is 10.3. The molecule has 0 fully saturated rings. The van der Waals surface area contributed by atoms with Gasteiger partial charge in [0.05, 0.1) is 6.54 Å². The van der Waals surface area contributed by atoms with Crippen LogP contribution < -0.4 is 10.1 Å². The Hall–Kier alpha value is -2.00. The van der Waals surface area contributed by atoms with Gasteiger partial charge in [0.15, 0.2) is 0 Å². The van der Waals surface area contributed by atoms with Gasteiger partial charge >= 0.3 is 0 Å². The molecule has 0 aliphatic carbocycles. The van der Waals surface area contributed by atoms with Crippen LogP contribution in [0, 0.1) is 0 Å². The van der Waals surface area contributed by atoms with Gasteiger partial charge in [0.1, 0.15) is 12.4 Å². The second-order valence-electron chi connectivity index (χ2n) is 5.01. The molecule has 1 amide bonds. The van der Waals surface area contributed by atoms with Crippen molar-refractivity contribution in [3.05, 3.63) is 64.7 Å². The van der Waals surface area contributed by atoms with Gasteiger partial charge in [0.25, 0.3) is 5.91 Å². The fourth-order valence-electron chi connectivity index (χ4n) is 2.11. The van der Waals surface area contributed by atoms with Crippen molar-refractivity contribution in [3.8, 4) is 5.75 Å². The predicted octanol–water partition coefficient (Wildman–Crippen LogP) is 4.10. The molecule has 2 aromatic rings. The average molecular weight is 318 g/mol. The van der Waals surface area contributed by atoms with Crippen LogP contribution in [-0.4, -0.2) is 19.1 Å². The maximum atomic E-state index is 11.9. The van der Waals surface area contributed by atoms with Gasteiger partial charge in [-0.2, -0.15) is 0 Å². The zero-order valence-corrected chi connectivity index (χ0v) is 13.4. The Labute approximate surface area is 136 Å². The van der Waals surface area contributed by atoms with Crippen LogP contribution in [0.15, 0.2) is 48.5 Å². The first-order valence-corrected chi connectivity index (χ1v) is 7.82. The average Bonchev–Trinajstić information content (AvgIpc) is 2.53. The van der Waals surface area contributed by atoms with E-state index < -0.39 is 0 Å². The smallest absolute Gasteiger partial charge is 0.251 e. The molecule has 0 saturated heterocycles. The predicted molar refractivity (Wildman–Crippen MR) is 89.7 cm³/mol. The van der Waals surface area contributed by atoms with E-state index in [1.807, 2.05) is 12.1 Å². The zero-order chi connectivity index (χ0) is 15.8. The SMILES string of the molecule is CCCc1ccc(OCCNC(=O)c2cccc(Cl)c2)cc1. The fourth-order valence-corrected chi connectivity index (χ4v) is 2.30. The van der Waals surface area contributed by atoms with Crippen molar-refractivity contribution >= 4 is 17.5 Å². The first-order valence-electron chi connectivity index (χ1n) is 7.44. The van der Waals surface area contributed by atoms with Gasteiger partial charge < -0.3 is 10.1 Å². The molecule has 0 radical (unpaired) electrons. The van der Waals surface area contributed by atoms with Crippen molar-refractivity contribution in [2.45, 2.75) is 19.8 Å². The molecule has 0 aromatic heterocycles. The number of amides is 1. The monoisotopic (exact) mass is 317 g/mol. The summed E-state index contributed by atoms with van der Waals surface area (Å²) in [5, 5.41) is 3.36. The molecule has 0 bridgehead atoms. The van der Waals surface area contributed by atoms with Crippen molar-refractivity contribution in [3.63, 3.8) is 0 Å². The highest BCUT2D eigenvalue weighted by Crippen LogP contribution is 2.13. The van der Waals surface area contributed by atoms with Crippen LogP contribution in [0.1, 0.15) is 29.3 Å². The number of aryl methyl sites for hydroxylation is 1. The van der Waals surface area contributed by atoms with Gasteiger partial charge in [-0.25, -0.2) is 0 Å². The molecule has 0 unspecified atom stereocenters. The molecule has 4 heteroatoms. The molecule has 3 nitrogen and oxygen atoms in total. The lowest BCUT2D eigenvalue weighted by molar-refractivity contribution is 0.0947. The first kappa shape index (κ1) is 16.4. The van der Waals surface area contributed by atoms with Gasteiger partial charge in [-0.1, -0.05) is 43.1 Å². The molecule has 2 rings (SSSR count). The van der Waals surface area contributed by atoms with E-state index in [0.717, 1.165) is 18.6 Å². The van der Waals surface area contributed by atoms with Crippen LogP contribution in [-0.2, 0) is 6.42 Å². The Balaban J connectivity index is 1.73. The fraction of sp³-hybridized carbons (Fsp3) is 0.278. The Morgan fingerprint density at radius 1 is 1.18 bits per heavy atom. The van der Waals surface area contributed by atoms with E-state index in [-0.39, 0.29) is 5.91 Å². The molecule has 2 aromatic carbocycles. The lowest BCUT2D eigenvalue weighted by atomic mass is 10.1. The van der Waals surface area contributed by atoms with E-state index in [0.29, 0.717) is 23.7 Å². The molecule has 116 valence electrons. The maximum absolute atomic E-state index is 11.9. The number of hydrogen-bond acceptors (Lipinski definition) is 2. The van der Waals surface area contributed by atoms with Crippen LogP contribution in [0.3, 0.4) is 0 Å². The van der Waals surface area contributed by atoms with Crippen molar-refractivity contribution in [1.82, 2.24) is 5.32 Å².